The van der Waals surface area contributed by atoms with Gasteiger partial charge in [0.1, 0.15) is 17.9 Å². The summed E-state index contributed by atoms with van der Waals surface area (Å²) < 4.78 is 10.4. The molecular formula is C14H22Cl2N2O3. The second-order valence-electron chi connectivity index (χ2n) is 4.39. The van der Waals surface area contributed by atoms with E-state index >= 15 is 0 Å². The van der Waals surface area contributed by atoms with E-state index in [1.54, 1.807) is 18.2 Å². The van der Waals surface area contributed by atoms with Crippen LogP contribution in [-0.2, 0) is 4.74 Å². The molecule has 0 aliphatic heterocycles. The van der Waals surface area contributed by atoms with E-state index in [0.29, 0.717) is 22.9 Å². The standard InChI is InChI=1S/C14H21ClN2O3.ClH/c1-16-6-7-17(2)8-9-20-13-5-4-11(15)10-12(13)14(18)19-3;/h4-5,10,16H,6-9H2,1-3H3;1H. The zero-order valence-corrected chi connectivity index (χ0v) is 14.1. The van der Waals surface area contributed by atoms with Crippen molar-refractivity contribution in [1.29, 1.82) is 0 Å². The minimum atomic E-state index is -0.453. The quantitative estimate of drug-likeness (QED) is 0.736. The lowest BCUT2D eigenvalue weighted by atomic mass is 10.2. The van der Waals surface area contributed by atoms with Crippen LogP contribution in [0.2, 0.25) is 5.02 Å². The maximum Gasteiger partial charge on any atom is 0.341 e. The average molecular weight is 337 g/mol. The molecule has 120 valence electrons. The SMILES string of the molecule is CNCCN(C)CCOc1ccc(Cl)cc1C(=O)OC.Cl. The smallest absolute Gasteiger partial charge is 0.341 e. The average Bonchev–Trinajstić information content (AvgIpc) is 2.45. The van der Waals surface area contributed by atoms with Crippen molar-refractivity contribution in [1.82, 2.24) is 10.2 Å². The molecule has 0 spiro atoms. The molecule has 21 heavy (non-hydrogen) atoms. The van der Waals surface area contributed by atoms with Crippen LogP contribution in [0.5, 0.6) is 5.75 Å². The van der Waals surface area contributed by atoms with Crippen LogP contribution < -0.4 is 10.1 Å². The highest BCUT2D eigenvalue weighted by molar-refractivity contribution is 6.31. The van der Waals surface area contributed by atoms with Crippen molar-refractivity contribution in [3.8, 4) is 5.75 Å². The van der Waals surface area contributed by atoms with Gasteiger partial charge < -0.3 is 19.7 Å². The molecule has 0 aliphatic rings. The van der Waals surface area contributed by atoms with E-state index in [1.165, 1.54) is 7.11 Å². The number of hydrogen-bond acceptors (Lipinski definition) is 5. The molecule has 1 rings (SSSR count). The van der Waals surface area contributed by atoms with Gasteiger partial charge in [0, 0.05) is 24.7 Å². The maximum atomic E-state index is 11.6. The predicted molar refractivity (Wildman–Crippen MR) is 87.0 cm³/mol. The molecule has 7 heteroatoms. The van der Waals surface area contributed by atoms with Crippen molar-refractivity contribution < 1.29 is 14.3 Å². The third kappa shape index (κ3) is 7.00. The number of likely N-dealkylation sites (N-methyl/N-ethyl adjacent to an activating group) is 2. The first-order chi connectivity index (χ1) is 9.58. The molecule has 0 bridgehead atoms. The van der Waals surface area contributed by atoms with Crippen LogP contribution in [0.3, 0.4) is 0 Å². The first-order valence-corrected chi connectivity index (χ1v) is 6.80. The van der Waals surface area contributed by atoms with E-state index in [9.17, 15) is 4.79 Å². The first kappa shape index (κ1) is 20.0. The highest BCUT2D eigenvalue weighted by Crippen LogP contribution is 2.23. The van der Waals surface area contributed by atoms with Gasteiger partial charge in [0.15, 0.2) is 0 Å². The summed E-state index contributed by atoms with van der Waals surface area (Å²) in [4.78, 5) is 13.8. The van der Waals surface area contributed by atoms with Crippen molar-refractivity contribution in [3.63, 3.8) is 0 Å². The Hall–Kier alpha value is -1.01. The number of carbonyl (C=O) groups excluding carboxylic acids is 1. The lowest BCUT2D eigenvalue weighted by Crippen LogP contribution is -2.30. The van der Waals surface area contributed by atoms with Crippen LogP contribution >= 0.6 is 24.0 Å². The molecule has 0 saturated carbocycles. The van der Waals surface area contributed by atoms with E-state index in [2.05, 4.69) is 10.2 Å². The Morgan fingerprint density at radius 3 is 2.71 bits per heavy atom. The molecule has 0 aliphatic carbocycles. The molecular weight excluding hydrogens is 315 g/mol. The molecule has 1 aromatic rings. The summed E-state index contributed by atoms with van der Waals surface area (Å²) in [6.45, 7) is 3.12. The summed E-state index contributed by atoms with van der Waals surface area (Å²) in [5, 5.41) is 3.56. The van der Waals surface area contributed by atoms with Gasteiger partial charge in [-0.15, -0.1) is 12.4 Å². The number of benzene rings is 1. The third-order valence-electron chi connectivity index (χ3n) is 2.82. The van der Waals surface area contributed by atoms with Crippen molar-refractivity contribution in [3.05, 3.63) is 28.8 Å². The van der Waals surface area contributed by atoms with E-state index in [0.717, 1.165) is 19.6 Å². The van der Waals surface area contributed by atoms with Gasteiger partial charge in [0.05, 0.1) is 7.11 Å². The lowest BCUT2D eigenvalue weighted by Gasteiger charge is -2.17. The Morgan fingerprint density at radius 2 is 2.10 bits per heavy atom. The summed E-state index contributed by atoms with van der Waals surface area (Å²) in [5.74, 6) is 0.0364. The summed E-state index contributed by atoms with van der Waals surface area (Å²) in [6.07, 6.45) is 0. The number of halogens is 2. The summed E-state index contributed by atoms with van der Waals surface area (Å²) in [5.41, 5.74) is 0.345. The minimum Gasteiger partial charge on any atom is -0.491 e. The highest BCUT2D eigenvalue weighted by atomic mass is 35.5. The highest BCUT2D eigenvalue weighted by Gasteiger charge is 2.13. The van der Waals surface area contributed by atoms with Crippen LogP contribution in [-0.4, -0.2) is 58.3 Å². The van der Waals surface area contributed by atoms with Gasteiger partial charge in [-0.05, 0) is 32.3 Å². The van der Waals surface area contributed by atoms with Crippen molar-refractivity contribution in [2.75, 3.05) is 47.4 Å². The Kier molecular flexibility index (Phi) is 10.2. The molecule has 0 heterocycles. The van der Waals surface area contributed by atoms with Crippen LogP contribution in [0.1, 0.15) is 10.4 Å². The molecule has 0 atom stereocenters. The fourth-order valence-corrected chi connectivity index (χ4v) is 1.80. The van der Waals surface area contributed by atoms with Crippen molar-refractivity contribution >= 4 is 30.0 Å². The number of ether oxygens (including phenoxy) is 2. The molecule has 1 N–H and O–H groups in total. The Balaban J connectivity index is 0.00000400. The zero-order chi connectivity index (χ0) is 15.0. The lowest BCUT2D eigenvalue weighted by molar-refractivity contribution is 0.0595. The topological polar surface area (TPSA) is 50.8 Å². The second-order valence-corrected chi connectivity index (χ2v) is 4.82. The monoisotopic (exact) mass is 336 g/mol. The number of nitrogens with one attached hydrogen (secondary N) is 1. The van der Waals surface area contributed by atoms with Crippen LogP contribution in [0.4, 0.5) is 0 Å². The van der Waals surface area contributed by atoms with Gasteiger partial charge in [-0.3, -0.25) is 0 Å². The summed E-state index contributed by atoms with van der Waals surface area (Å²) in [6, 6.07) is 4.92. The number of esters is 1. The maximum absolute atomic E-state index is 11.6. The number of methoxy groups -OCH3 is 1. The van der Waals surface area contributed by atoms with E-state index in [1.807, 2.05) is 14.1 Å². The third-order valence-corrected chi connectivity index (χ3v) is 3.06. The van der Waals surface area contributed by atoms with Gasteiger partial charge in [0.2, 0.25) is 0 Å². The molecule has 0 aromatic heterocycles. The van der Waals surface area contributed by atoms with Gasteiger partial charge in [-0.25, -0.2) is 4.79 Å². The van der Waals surface area contributed by atoms with Crippen LogP contribution in [0.15, 0.2) is 18.2 Å². The number of nitrogens with zero attached hydrogens (tertiary/aromatic N) is 1. The van der Waals surface area contributed by atoms with Gasteiger partial charge in [0.25, 0.3) is 0 Å². The van der Waals surface area contributed by atoms with Gasteiger partial charge >= 0.3 is 5.97 Å². The largest absolute Gasteiger partial charge is 0.491 e. The zero-order valence-electron chi connectivity index (χ0n) is 12.5. The molecule has 0 unspecified atom stereocenters. The first-order valence-electron chi connectivity index (χ1n) is 6.42. The summed E-state index contributed by atoms with van der Waals surface area (Å²) in [7, 11) is 5.27. The number of carbonyl (C=O) groups is 1. The van der Waals surface area contributed by atoms with Gasteiger partial charge in [-0.1, -0.05) is 11.6 Å². The summed E-state index contributed by atoms with van der Waals surface area (Å²) >= 11 is 5.88. The molecule has 0 saturated heterocycles. The van der Waals surface area contributed by atoms with Crippen LogP contribution in [0, 0.1) is 0 Å². The van der Waals surface area contributed by atoms with E-state index < -0.39 is 5.97 Å². The normalized spacial score (nSPS) is 10.1. The van der Waals surface area contributed by atoms with Crippen molar-refractivity contribution in [2.45, 2.75) is 0 Å². The van der Waals surface area contributed by atoms with E-state index in [-0.39, 0.29) is 12.4 Å². The molecule has 0 radical (unpaired) electrons. The van der Waals surface area contributed by atoms with Crippen LogP contribution in [0.25, 0.3) is 0 Å². The Morgan fingerprint density at radius 1 is 1.38 bits per heavy atom. The fourth-order valence-electron chi connectivity index (χ4n) is 1.62. The molecule has 0 fully saturated rings. The fraction of sp³-hybridized carbons (Fsp3) is 0.500. The molecule has 5 nitrogen and oxygen atoms in total. The Labute approximate surface area is 137 Å². The van der Waals surface area contributed by atoms with E-state index in [4.69, 9.17) is 21.1 Å². The molecule has 0 amide bonds. The predicted octanol–water partition coefficient (Wildman–Crippen LogP) is 2.08. The number of hydrogen-bond donors (Lipinski definition) is 1. The van der Waals surface area contributed by atoms with Gasteiger partial charge in [-0.2, -0.15) is 0 Å². The Bertz CT molecular complexity index is 444. The molecule has 1 aromatic carbocycles. The number of rotatable bonds is 8. The second kappa shape index (κ2) is 10.7. The minimum absolute atomic E-state index is 0. The van der Waals surface area contributed by atoms with Crippen molar-refractivity contribution in [2.24, 2.45) is 0 Å².